The molecule has 9 heteroatoms. The normalized spacial score (nSPS) is 17.3. The minimum atomic E-state index is -0.0433. The molecular formula is C21H26N6O2S. The van der Waals surface area contributed by atoms with Crippen LogP contribution in [0.25, 0.3) is 5.78 Å². The van der Waals surface area contributed by atoms with Crippen LogP contribution in [0, 0.1) is 13.8 Å². The SMILES string of the molecule is Cc1cc(C)n2c(SCC(=O)NC[C@H]3CN(Cc4ccccc4)CCO3)nnc2n1. The molecule has 3 heterocycles. The number of nitrogens with one attached hydrogen (secondary N) is 1. The van der Waals surface area contributed by atoms with Crippen molar-refractivity contribution < 1.29 is 9.53 Å². The maximum absolute atomic E-state index is 12.4. The maximum Gasteiger partial charge on any atom is 0.256 e. The minimum Gasteiger partial charge on any atom is -0.374 e. The van der Waals surface area contributed by atoms with Gasteiger partial charge in [0.1, 0.15) is 0 Å². The van der Waals surface area contributed by atoms with E-state index in [2.05, 4.69) is 49.7 Å². The van der Waals surface area contributed by atoms with Crippen LogP contribution in [0.15, 0.2) is 41.6 Å². The van der Waals surface area contributed by atoms with Gasteiger partial charge in [-0.1, -0.05) is 42.1 Å². The zero-order valence-corrected chi connectivity index (χ0v) is 18.1. The molecule has 158 valence electrons. The summed E-state index contributed by atoms with van der Waals surface area (Å²) in [7, 11) is 0. The van der Waals surface area contributed by atoms with Crippen LogP contribution in [0.3, 0.4) is 0 Å². The van der Waals surface area contributed by atoms with Crippen LogP contribution in [0.2, 0.25) is 0 Å². The molecule has 3 aromatic rings. The number of rotatable bonds is 7. The number of hydrogen-bond donors (Lipinski definition) is 1. The topological polar surface area (TPSA) is 84.7 Å². The van der Waals surface area contributed by atoms with E-state index in [9.17, 15) is 4.79 Å². The maximum atomic E-state index is 12.4. The summed E-state index contributed by atoms with van der Waals surface area (Å²) in [5.41, 5.74) is 3.19. The molecule has 1 fully saturated rings. The monoisotopic (exact) mass is 426 g/mol. The first-order valence-electron chi connectivity index (χ1n) is 10.1. The molecule has 1 atom stereocenters. The Morgan fingerprint density at radius 3 is 2.93 bits per heavy atom. The van der Waals surface area contributed by atoms with Crippen LogP contribution in [0.4, 0.5) is 0 Å². The van der Waals surface area contributed by atoms with Crippen LogP contribution in [-0.2, 0) is 16.1 Å². The van der Waals surface area contributed by atoms with Gasteiger partial charge in [-0.3, -0.25) is 14.1 Å². The van der Waals surface area contributed by atoms with Crippen molar-refractivity contribution in [3.63, 3.8) is 0 Å². The van der Waals surface area contributed by atoms with Gasteiger partial charge in [0, 0.05) is 37.6 Å². The van der Waals surface area contributed by atoms with Gasteiger partial charge in [0.15, 0.2) is 5.16 Å². The van der Waals surface area contributed by atoms with E-state index in [-0.39, 0.29) is 17.8 Å². The molecule has 1 aromatic carbocycles. The van der Waals surface area contributed by atoms with Crippen molar-refractivity contribution in [1.82, 2.24) is 29.8 Å². The van der Waals surface area contributed by atoms with Gasteiger partial charge in [0.25, 0.3) is 5.78 Å². The highest BCUT2D eigenvalue weighted by molar-refractivity contribution is 7.99. The first kappa shape index (κ1) is 20.8. The van der Waals surface area contributed by atoms with Crippen molar-refractivity contribution in [3.8, 4) is 0 Å². The van der Waals surface area contributed by atoms with Crippen molar-refractivity contribution in [2.75, 3.05) is 32.0 Å². The molecule has 1 amide bonds. The van der Waals surface area contributed by atoms with E-state index in [0.29, 0.717) is 24.1 Å². The van der Waals surface area contributed by atoms with Crippen molar-refractivity contribution in [1.29, 1.82) is 0 Å². The molecule has 0 saturated carbocycles. The fourth-order valence-corrected chi connectivity index (χ4v) is 4.41. The fraction of sp³-hybridized carbons (Fsp3) is 0.429. The number of benzene rings is 1. The van der Waals surface area contributed by atoms with E-state index >= 15 is 0 Å². The molecule has 0 bridgehead atoms. The Labute approximate surface area is 180 Å². The quantitative estimate of drug-likeness (QED) is 0.577. The number of morpholine rings is 1. The van der Waals surface area contributed by atoms with Crippen molar-refractivity contribution in [3.05, 3.63) is 53.3 Å². The Morgan fingerprint density at radius 2 is 2.10 bits per heavy atom. The van der Waals surface area contributed by atoms with Gasteiger partial charge >= 0.3 is 0 Å². The molecule has 0 aliphatic carbocycles. The van der Waals surface area contributed by atoms with E-state index < -0.39 is 0 Å². The van der Waals surface area contributed by atoms with E-state index in [0.717, 1.165) is 31.0 Å². The first-order chi connectivity index (χ1) is 14.6. The minimum absolute atomic E-state index is 0.000228. The lowest BCUT2D eigenvalue weighted by atomic mass is 10.2. The molecule has 1 aliphatic rings. The number of aryl methyl sites for hydroxylation is 2. The van der Waals surface area contributed by atoms with Crippen LogP contribution >= 0.6 is 11.8 Å². The zero-order chi connectivity index (χ0) is 20.9. The van der Waals surface area contributed by atoms with Gasteiger partial charge in [-0.25, -0.2) is 4.98 Å². The standard InChI is InChI=1S/C21H26N6O2S/c1-15-10-16(2)27-20(23-15)24-25-21(27)30-14-19(28)22-11-18-13-26(8-9-29-18)12-17-6-4-3-5-7-17/h3-7,10,18H,8-9,11-14H2,1-2H3,(H,22,28)/t18-/m0/s1. The molecule has 1 saturated heterocycles. The van der Waals surface area contributed by atoms with Crippen molar-refractivity contribution in [2.24, 2.45) is 0 Å². The predicted octanol–water partition coefficient (Wildman–Crippen LogP) is 1.85. The molecule has 8 nitrogen and oxygen atoms in total. The van der Waals surface area contributed by atoms with Crippen LogP contribution in [0.1, 0.15) is 17.0 Å². The Morgan fingerprint density at radius 1 is 1.27 bits per heavy atom. The van der Waals surface area contributed by atoms with Gasteiger partial charge in [0.05, 0.1) is 18.5 Å². The third kappa shape index (κ3) is 5.16. The molecule has 0 unspecified atom stereocenters. The average Bonchev–Trinajstić information content (AvgIpc) is 3.15. The number of carbonyl (C=O) groups is 1. The number of fused-ring (bicyclic) bond motifs is 1. The van der Waals surface area contributed by atoms with Crippen LogP contribution < -0.4 is 5.32 Å². The number of thioether (sulfide) groups is 1. The van der Waals surface area contributed by atoms with E-state index in [1.54, 1.807) is 0 Å². The summed E-state index contributed by atoms with van der Waals surface area (Å²) in [4.78, 5) is 19.1. The Hall–Kier alpha value is -2.49. The summed E-state index contributed by atoms with van der Waals surface area (Å²) in [5.74, 6) is 0.789. The second-order valence-electron chi connectivity index (χ2n) is 7.46. The van der Waals surface area contributed by atoms with Gasteiger partial charge in [-0.2, -0.15) is 0 Å². The highest BCUT2D eigenvalue weighted by Gasteiger charge is 2.21. The second kappa shape index (κ2) is 9.55. The molecule has 0 radical (unpaired) electrons. The van der Waals surface area contributed by atoms with Gasteiger partial charge in [-0.15, -0.1) is 10.2 Å². The van der Waals surface area contributed by atoms with Crippen LogP contribution in [0.5, 0.6) is 0 Å². The predicted molar refractivity (Wildman–Crippen MR) is 115 cm³/mol. The third-order valence-corrected chi connectivity index (χ3v) is 5.92. The number of hydrogen-bond acceptors (Lipinski definition) is 7. The largest absolute Gasteiger partial charge is 0.374 e. The second-order valence-corrected chi connectivity index (χ2v) is 8.41. The molecule has 0 spiro atoms. The lowest BCUT2D eigenvalue weighted by Gasteiger charge is -2.33. The first-order valence-corrected chi connectivity index (χ1v) is 11.0. The number of ether oxygens (including phenoxy) is 1. The van der Waals surface area contributed by atoms with Gasteiger partial charge < -0.3 is 10.1 Å². The zero-order valence-electron chi connectivity index (χ0n) is 17.2. The van der Waals surface area contributed by atoms with Crippen molar-refractivity contribution >= 4 is 23.4 Å². The smallest absolute Gasteiger partial charge is 0.256 e. The Bertz CT molecular complexity index is 1010. The molecule has 30 heavy (non-hydrogen) atoms. The summed E-state index contributed by atoms with van der Waals surface area (Å²) in [5, 5.41) is 11.9. The highest BCUT2D eigenvalue weighted by Crippen LogP contribution is 2.18. The number of nitrogens with zero attached hydrogens (tertiary/aromatic N) is 5. The number of carbonyl (C=O) groups excluding carboxylic acids is 1. The summed E-state index contributed by atoms with van der Waals surface area (Å²) < 4.78 is 7.71. The van der Waals surface area contributed by atoms with E-state index in [1.165, 1.54) is 17.3 Å². The lowest BCUT2D eigenvalue weighted by molar-refractivity contribution is -0.119. The molecule has 2 aromatic heterocycles. The number of amides is 1. The van der Waals surface area contributed by atoms with E-state index in [1.807, 2.05) is 30.4 Å². The third-order valence-electron chi connectivity index (χ3n) is 4.99. The Kier molecular flexibility index (Phi) is 6.61. The number of aromatic nitrogens is 4. The van der Waals surface area contributed by atoms with Gasteiger partial charge in [0.2, 0.25) is 5.91 Å². The summed E-state index contributed by atoms with van der Waals surface area (Å²) in [6, 6.07) is 12.4. The summed E-state index contributed by atoms with van der Waals surface area (Å²) in [6.45, 7) is 7.71. The van der Waals surface area contributed by atoms with Crippen LogP contribution in [-0.4, -0.2) is 68.5 Å². The highest BCUT2D eigenvalue weighted by atomic mass is 32.2. The lowest BCUT2D eigenvalue weighted by Crippen LogP contribution is -2.47. The van der Waals surface area contributed by atoms with Gasteiger partial charge in [-0.05, 0) is 25.5 Å². The fourth-order valence-electron chi connectivity index (χ4n) is 3.59. The molecule has 1 N–H and O–H groups in total. The summed E-state index contributed by atoms with van der Waals surface area (Å²) >= 11 is 1.36. The molecule has 1 aliphatic heterocycles. The molecular weight excluding hydrogens is 400 g/mol. The van der Waals surface area contributed by atoms with E-state index in [4.69, 9.17) is 4.74 Å². The van der Waals surface area contributed by atoms with Crippen molar-refractivity contribution in [2.45, 2.75) is 31.7 Å². The summed E-state index contributed by atoms with van der Waals surface area (Å²) in [6.07, 6.45) is -0.000228. The molecule has 4 rings (SSSR count). The average molecular weight is 427 g/mol. The Balaban J connectivity index is 1.25.